The summed E-state index contributed by atoms with van der Waals surface area (Å²) in [6.07, 6.45) is 0.123. The number of nitrogens with zero attached hydrogens (tertiary/aromatic N) is 2. The lowest BCUT2D eigenvalue weighted by molar-refractivity contribution is -0.116. The number of hydrogen-bond acceptors (Lipinski definition) is 7. The minimum atomic E-state index is -3.94. The van der Waals surface area contributed by atoms with E-state index in [1.165, 1.54) is 31.3 Å². The van der Waals surface area contributed by atoms with E-state index in [2.05, 4.69) is 0 Å². The van der Waals surface area contributed by atoms with Crippen molar-refractivity contribution in [1.82, 2.24) is 4.31 Å². The highest BCUT2D eigenvalue weighted by Gasteiger charge is 2.38. The van der Waals surface area contributed by atoms with Crippen LogP contribution in [0.4, 0.5) is 5.69 Å². The third kappa shape index (κ3) is 3.38. The zero-order valence-corrected chi connectivity index (χ0v) is 16.3. The lowest BCUT2D eigenvalue weighted by atomic mass is 10.3. The molecule has 0 N–H and O–H groups in total. The molecule has 1 atom stereocenters. The molecule has 0 aliphatic carbocycles. The number of sulfonamides is 2. The van der Waals surface area contributed by atoms with Crippen LogP contribution in [0, 0.1) is 0 Å². The molecular weight excluding hydrogens is 404 g/mol. The van der Waals surface area contributed by atoms with E-state index in [4.69, 9.17) is 0 Å². The van der Waals surface area contributed by atoms with Gasteiger partial charge in [0.2, 0.25) is 26.0 Å². The Bertz CT molecular complexity index is 1040. The van der Waals surface area contributed by atoms with Crippen molar-refractivity contribution in [2.75, 3.05) is 28.6 Å². The molecule has 9 nitrogen and oxygen atoms in total. The van der Waals surface area contributed by atoms with Gasteiger partial charge >= 0.3 is 0 Å². The van der Waals surface area contributed by atoms with Crippen LogP contribution >= 0.6 is 0 Å². The van der Waals surface area contributed by atoms with Gasteiger partial charge in [-0.25, -0.2) is 29.6 Å². The molecule has 1 unspecified atom stereocenters. The van der Waals surface area contributed by atoms with Gasteiger partial charge < -0.3 is 0 Å². The second-order valence-corrected chi connectivity index (χ2v) is 12.5. The van der Waals surface area contributed by atoms with Gasteiger partial charge in [0.05, 0.1) is 27.8 Å². The largest absolute Gasteiger partial charge is 0.273 e. The van der Waals surface area contributed by atoms with Crippen LogP contribution < -0.4 is 4.31 Å². The predicted octanol–water partition coefficient (Wildman–Crippen LogP) is -0.439. The summed E-state index contributed by atoms with van der Waals surface area (Å²) in [5.41, 5.74) is 0.0811. The lowest BCUT2D eigenvalue weighted by Crippen LogP contribution is -2.37. The van der Waals surface area contributed by atoms with Crippen LogP contribution in [0.15, 0.2) is 29.2 Å². The highest BCUT2D eigenvalue weighted by atomic mass is 32.2. The lowest BCUT2D eigenvalue weighted by Gasteiger charge is -2.23. The van der Waals surface area contributed by atoms with Gasteiger partial charge in [-0.2, -0.15) is 4.31 Å². The predicted molar refractivity (Wildman–Crippen MR) is 94.3 cm³/mol. The fourth-order valence-corrected chi connectivity index (χ4v) is 7.76. The van der Waals surface area contributed by atoms with Crippen molar-refractivity contribution in [3.8, 4) is 0 Å². The van der Waals surface area contributed by atoms with Crippen LogP contribution in [-0.2, 0) is 34.7 Å². The van der Waals surface area contributed by atoms with Crippen molar-refractivity contribution in [1.29, 1.82) is 0 Å². The van der Waals surface area contributed by atoms with E-state index in [9.17, 15) is 30.0 Å². The first-order valence-electron chi connectivity index (χ1n) is 7.78. The van der Waals surface area contributed by atoms with Crippen LogP contribution in [0.5, 0.6) is 0 Å². The molecule has 0 spiro atoms. The van der Waals surface area contributed by atoms with E-state index in [1.807, 2.05) is 0 Å². The minimum absolute atomic E-state index is 0.0502. The maximum atomic E-state index is 12.7. The molecule has 1 aromatic carbocycles. The topological polar surface area (TPSA) is 126 Å². The van der Waals surface area contributed by atoms with Crippen molar-refractivity contribution >= 4 is 41.5 Å². The number of carbonyl (C=O) groups excluding carboxylic acids is 1. The van der Waals surface area contributed by atoms with Crippen LogP contribution in [0.25, 0.3) is 0 Å². The summed E-state index contributed by atoms with van der Waals surface area (Å²) in [4.78, 5) is 11.7. The third-order valence-electron chi connectivity index (χ3n) is 4.55. The van der Waals surface area contributed by atoms with E-state index in [0.29, 0.717) is 4.31 Å². The quantitative estimate of drug-likeness (QED) is 0.644. The van der Waals surface area contributed by atoms with E-state index >= 15 is 0 Å². The Kier molecular flexibility index (Phi) is 4.66. The molecule has 0 bridgehead atoms. The summed E-state index contributed by atoms with van der Waals surface area (Å²) in [7, 11) is -9.58. The summed E-state index contributed by atoms with van der Waals surface area (Å²) in [6.45, 7) is 0. The van der Waals surface area contributed by atoms with Crippen molar-refractivity contribution in [2.45, 2.75) is 23.8 Å². The number of amides is 1. The van der Waals surface area contributed by atoms with Crippen molar-refractivity contribution in [3.05, 3.63) is 24.3 Å². The second kappa shape index (κ2) is 6.29. The van der Waals surface area contributed by atoms with Gasteiger partial charge in [0.15, 0.2) is 9.84 Å². The maximum Gasteiger partial charge on any atom is 0.243 e. The second-order valence-electron chi connectivity index (χ2n) is 6.30. The molecule has 1 aromatic rings. The minimum Gasteiger partial charge on any atom is -0.273 e. The summed E-state index contributed by atoms with van der Waals surface area (Å²) >= 11 is 0. The molecule has 26 heavy (non-hydrogen) atoms. The fourth-order valence-electron chi connectivity index (χ4n) is 3.05. The first-order chi connectivity index (χ1) is 11.9. The zero-order valence-electron chi connectivity index (χ0n) is 13.9. The zero-order chi connectivity index (χ0) is 19.3. The SMILES string of the molecule is CN(C1CCS(=O)(=O)C1)S(=O)(=O)c1ccc(N2C(=O)CCS2(=O)=O)cc1. The van der Waals surface area contributed by atoms with Crippen LogP contribution in [0.3, 0.4) is 0 Å². The monoisotopic (exact) mass is 422 g/mol. The van der Waals surface area contributed by atoms with Crippen LogP contribution in [-0.4, -0.2) is 65.8 Å². The highest BCUT2D eigenvalue weighted by Crippen LogP contribution is 2.28. The summed E-state index contributed by atoms with van der Waals surface area (Å²) in [5.74, 6) is -1.11. The average Bonchev–Trinajstić information content (AvgIpc) is 3.05. The number of benzene rings is 1. The van der Waals surface area contributed by atoms with E-state index in [-0.39, 0.29) is 40.7 Å². The summed E-state index contributed by atoms with van der Waals surface area (Å²) < 4.78 is 74.1. The Labute approximate surface area is 152 Å². The molecule has 0 radical (unpaired) electrons. The Balaban J connectivity index is 1.87. The molecule has 2 aliphatic rings. The molecule has 2 heterocycles. The molecule has 144 valence electrons. The third-order valence-corrected chi connectivity index (χ3v) is 9.91. The number of sulfone groups is 1. The first kappa shape index (κ1) is 19.3. The van der Waals surface area contributed by atoms with Gasteiger partial charge in [-0.1, -0.05) is 0 Å². The van der Waals surface area contributed by atoms with Gasteiger partial charge in [0.1, 0.15) is 0 Å². The Hall–Kier alpha value is -1.50. The van der Waals surface area contributed by atoms with Gasteiger partial charge in [-0.3, -0.25) is 4.79 Å². The van der Waals surface area contributed by atoms with Crippen LogP contribution in [0.2, 0.25) is 0 Å². The van der Waals surface area contributed by atoms with Gasteiger partial charge in [0, 0.05) is 19.5 Å². The van der Waals surface area contributed by atoms with Crippen molar-refractivity contribution < 1.29 is 30.0 Å². The number of rotatable bonds is 4. The Morgan fingerprint density at radius 2 is 1.69 bits per heavy atom. The molecule has 0 saturated carbocycles. The summed E-state index contributed by atoms with van der Waals surface area (Å²) in [6, 6.07) is 4.31. The first-order valence-corrected chi connectivity index (χ1v) is 12.7. The van der Waals surface area contributed by atoms with E-state index in [0.717, 1.165) is 4.31 Å². The molecule has 1 amide bonds. The summed E-state index contributed by atoms with van der Waals surface area (Å²) in [5, 5.41) is 0. The molecule has 2 saturated heterocycles. The molecule has 2 fully saturated rings. The Morgan fingerprint density at radius 3 is 2.15 bits per heavy atom. The number of hydrogen-bond donors (Lipinski definition) is 0. The smallest absolute Gasteiger partial charge is 0.243 e. The van der Waals surface area contributed by atoms with Crippen molar-refractivity contribution in [3.63, 3.8) is 0 Å². The molecule has 12 heteroatoms. The van der Waals surface area contributed by atoms with Gasteiger partial charge in [-0.15, -0.1) is 0 Å². The molecule has 3 rings (SSSR count). The molecular formula is C14H18N2O7S3. The Morgan fingerprint density at radius 1 is 1.08 bits per heavy atom. The average molecular weight is 423 g/mol. The van der Waals surface area contributed by atoms with E-state index in [1.54, 1.807) is 0 Å². The number of anilines is 1. The van der Waals surface area contributed by atoms with Gasteiger partial charge in [-0.05, 0) is 30.7 Å². The van der Waals surface area contributed by atoms with Crippen molar-refractivity contribution in [2.24, 2.45) is 0 Å². The normalized spacial score (nSPS) is 25.1. The maximum absolute atomic E-state index is 12.7. The fraction of sp³-hybridized carbons (Fsp3) is 0.500. The highest BCUT2D eigenvalue weighted by molar-refractivity contribution is 7.94. The van der Waals surface area contributed by atoms with Gasteiger partial charge in [0.25, 0.3) is 0 Å². The molecule has 2 aliphatic heterocycles. The number of carbonyl (C=O) groups is 1. The standard InChI is InChI=1S/C14H18N2O7S3/c1-15(12-6-8-24(18,19)10-12)26(22,23)13-4-2-11(3-5-13)16-14(17)7-9-25(16,20)21/h2-5,12H,6-10H2,1H3. The van der Waals surface area contributed by atoms with Crippen LogP contribution in [0.1, 0.15) is 12.8 Å². The van der Waals surface area contributed by atoms with E-state index < -0.39 is 41.8 Å². The molecule has 0 aromatic heterocycles.